The van der Waals surface area contributed by atoms with E-state index in [0.29, 0.717) is 48.7 Å². The molecule has 2 aromatic carbocycles. The van der Waals surface area contributed by atoms with Gasteiger partial charge >= 0.3 is 0 Å². The smallest absolute Gasteiger partial charge is 0.253 e. The second-order valence-corrected chi connectivity index (χ2v) is 10.5. The standard InChI is InChI=1S/C26H35N3O4S/c1-3-28(4-2)26(31)22-12-14-23(15-13-22)27-25(30)18-11-21-9-16-24(17-10-21)34(32,33)29-19-7-5-6-8-20-29/h9-10,12-17H,3-8,11,18-20H2,1-2H3,(H,27,30). The van der Waals surface area contributed by atoms with Crippen molar-refractivity contribution >= 4 is 27.5 Å². The van der Waals surface area contributed by atoms with Crippen molar-refractivity contribution in [2.45, 2.75) is 57.3 Å². The molecule has 3 rings (SSSR count). The summed E-state index contributed by atoms with van der Waals surface area (Å²) in [6.45, 7) is 6.35. The van der Waals surface area contributed by atoms with Gasteiger partial charge < -0.3 is 10.2 Å². The van der Waals surface area contributed by atoms with Gasteiger partial charge in [-0.2, -0.15) is 4.31 Å². The number of nitrogens with zero attached hydrogens (tertiary/aromatic N) is 2. The minimum atomic E-state index is -3.47. The topological polar surface area (TPSA) is 86.8 Å². The summed E-state index contributed by atoms with van der Waals surface area (Å²) in [5, 5.41) is 2.85. The summed E-state index contributed by atoms with van der Waals surface area (Å²) in [6, 6.07) is 13.8. The maximum absolute atomic E-state index is 12.9. The van der Waals surface area contributed by atoms with E-state index in [4.69, 9.17) is 0 Å². The molecule has 1 fully saturated rings. The van der Waals surface area contributed by atoms with Gasteiger partial charge in [0.1, 0.15) is 0 Å². The van der Waals surface area contributed by atoms with Gasteiger partial charge in [0.05, 0.1) is 4.90 Å². The summed E-state index contributed by atoms with van der Waals surface area (Å²) in [5.74, 6) is -0.159. The normalized spacial score (nSPS) is 14.9. The minimum absolute atomic E-state index is 0.0239. The molecule has 1 heterocycles. The summed E-state index contributed by atoms with van der Waals surface area (Å²) in [6.07, 6.45) is 4.74. The molecule has 34 heavy (non-hydrogen) atoms. The van der Waals surface area contributed by atoms with Gasteiger partial charge in [0.2, 0.25) is 15.9 Å². The van der Waals surface area contributed by atoms with E-state index in [1.165, 1.54) is 0 Å². The van der Waals surface area contributed by atoms with Crippen molar-refractivity contribution in [1.82, 2.24) is 9.21 Å². The van der Waals surface area contributed by atoms with E-state index in [1.54, 1.807) is 57.7 Å². The molecular formula is C26H35N3O4S. The number of anilines is 1. The Kier molecular flexibility index (Phi) is 9.24. The lowest BCUT2D eigenvalue weighted by Crippen LogP contribution is -2.31. The number of carbonyl (C=O) groups excluding carboxylic acids is 2. The lowest BCUT2D eigenvalue weighted by molar-refractivity contribution is -0.116. The molecule has 0 radical (unpaired) electrons. The molecule has 1 aliphatic heterocycles. The zero-order chi connectivity index (χ0) is 24.6. The van der Waals surface area contributed by atoms with Crippen LogP contribution in [0.1, 0.15) is 61.9 Å². The van der Waals surface area contributed by atoms with Crippen molar-refractivity contribution in [3.8, 4) is 0 Å². The fourth-order valence-corrected chi connectivity index (χ4v) is 5.65. The highest BCUT2D eigenvalue weighted by Gasteiger charge is 2.24. The lowest BCUT2D eigenvalue weighted by atomic mass is 10.1. The molecular weight excluding hydrogens is 450 g/mol. The van der Waals surface area contributed by atoms with E-state index >= 15 is 0 Å². The van der Waals surface area contributed by atoms with Gasteiger partial charge in [-0.05, 0) is 75.1 Å². The predicted octanol–water partition coefficient (Wildman–Crippen LogP) is 4.30. The van der Waals surface area contributed by atoms with Crippen LogP contribution in [-0.4, -0.2) is 55.6 Å². The second kappa shape index (κ2) is 12.1. The van der Waals surface area contributed by atoms with E-state index in [-0.39, 0.29) is 18.2 Å². The highest BCUT2D eigenvalue weighted by molar-refractivity contribution is 7.89. The van der Waals surface area contributed by atoms with Crippen molar-refractivity contribution in [2.75, 3.05) is 31.5 Å². The van der Waals surface area contributed by atoms with Gasteiger partial charge in [0.15, 0.2) is 0 Å². The molecule has 1 N–H and O–H groups in total. The molecule has 2 aromatic rings. The molecule has 7 nitrogen and oxygen atoms in total. The molecule has 0 saturated carbocycles. The first kappa shape index (κ1) is 25.9. The Hall–Kier alpha value is -2.71. The number of aryl methyl sites for hydroxylation is 1. The molecule has 8 heteroatoms. The van der Waals surface area contributed by atoms with Crippen LogP contribution < -0.4 is 5.32 Å². The van der Waals surface area contributed by atoms with Gasteiger partial charge in [-0.3, -0.25) is 9.59 Å². The van der Waals surface area contributed by atoms with Crippen molar-refractivity contribution in [3.63, 3.8) is 0 Å². The van der Waals surface area contributed by atoms with Crippen LogP contribution in [0.5, 0.6) is 0 Å². The Labute approximate surface area is 203 Å². The first-order chi connectivity index (χ1) is 16.3. The quantitative estimate of drug-likeness (QED) is 0.574. The highest BCUT2D eigenvalue weighted by Crippen LogP contribution is 2.21. The maximum atomic E-state index is 12.9. The fraction of sp³-hybridized carbons (Fsp3) is 0.462. The second-order valence-electron chi connectivity index (χ2n) is 8.57. The highest BCUT2D eigenvalue weighted by atomic mass is 32.2. The van der Waals surface area contributed by atoms with E-state index in [0.717, 1.165) is 31.2 Å². The SMILES string of the molecule is CCN(CC)C(=O)c1ccc(NC(=O)CCc2ccc(S(=O)(=O)N3CCCCCC3)cc2)cc1. The zero-order valence-corrected chi connectivity index (χ0v) is 20.9. The first-order valence-electron chi connectivity index (χ1n) is 12.1. The summed E-state index contributed by atoms with van der Waals surface area (Å²) >= 11 is 0. The van der Waals surface area contributed by atoms with Crippen LogP contribution in [0.2, 0.25) is 0 Å². The van der Waals surface area contributed by atoms with Crippen LogP contribution in [0.4, 0.5) is 5.69 Å². The molecule has 0 unspecified atom stereocenters. The largest absolute Gasteiger partial charge is 0.339 e. The molecule has 0 aliphatic carbocycles. The van der Waals surface area contributed by atoms with E-state index < -0.39 is 10.0 Å². The lowest BCUT2D eigenvalue weighted by Gasteiger charge is -2.20. The molecule has 184 valence electrons. The number of rotatable bonds is 9. The minimum Gasteiger partial charge on any atom is -0.339 e. The number of hydrogen-bond donors (Lipinski definition) is 1. The van der Waals surface area contributed by atoms with Crippen LogP contribution in [0.3, 0.4) is 0 Å². The Morgan fingerprint density at radius 2 is 1.47 bits per heavy atom. The Morgan fingerprint density at radius 1 is 0.882 bits per heavy atom. The van der Waals surface area contributed by atoms with Crippen molar-refractivity contribution in [3.05, 3.63) is 59.7 Å². The summed E-state index contributed by atoms with van der Waals surface area (Å²) in [4.78, 5) is 26.8. The Bertz CT molecular complexity index is 1050. The average Bonchev–Trinajstić information content (AvgIpc) is 3.14. The van der Waals surface area contributed by atoms with Gasteiger partial charge in [0.25, 0.3) is 5.91 Å². The van der Waals surface area contributed by atoms with Crippen molar-refractivity contribution < 1.29 is 18.0 Å². The van der Waals surface area contributed by atoms with Gasteiger partial charge in [-0.1, -0.05) is 25.0 Å². The van der Waals surface area contributed by atoms with E-state index in [1.807, 2.05) is 13.8 Å². The zero-order valence-electron chi connectivity index (χ0n) is 20.1. The summed E-state index contributed by atoms with van der Waals surface area (Å²) in [7, 11) is -3.47. The number of benzene rings is 2. The number of nitrogens with one attached hydrogen (secondary N) is 1. The van der Waals surface area contributed by atoms with E-state index in [9.17, 15) is 18.0 Å². The molecule has 0 aromatic heterocycles. The number of sulfonamides is 1. The Morgan fingerprint density at radius 3 is 2.03 bits per heavy atom. The van der Waals surface area contributed by atoms with Crippen LogP contribution in [-0.2, 0) is 21.2 Å². The van der Waals surface area contributed by atoms with Crippen LogP contribution in [0, 0.1) is 0 Å². The van der Waals surface area contributed by atoms with Crippen LogP contribution in [0.25, 0.3) is 0 Å². The summed E-state index contributed by atoms with van der Waals surface area (Å²) in [5.41, 5.74) is 2.14. The van der Waals surface area contributed by atoms with Crippen molar-refractivity contribution in [2.24, 2.45) is 0 Å². The molecule has 0 atom stereocenters. The van der Waals surface area contributed by atoms with Crippen molar-refractivity contribution in [1.29, 1.82) is 0 Å². The molecule has 2 amide bonds. The average molecular weight is 486 g/mol. The monoisotopic (exact) mass is 485 g/mol. The number of amides is 2. The third kappa shape index (κ3) is 6.67. The van der Waals surface area contributed by atoms with Gasteiger partial charge in [-0.25, -0.2) is 8.42 Å². The predicted molar refractivity (Wildman–Crippen MR) is 134 cm³/mol. The maximum Gasteiger partial charge on any atom is 0.253 e. The van der Waals surface area contributed by atoms with Gasteiger partial charge in [0, 0.05) is 43.9 Å². The van der Waals surface area contributed by atoms with E-state index in [2.05, 4.69) is 5.32 Å². The molecule has 1 saturated heterocycles. The van der Waals surface area contributed by atoms with Crippen LogP contribution in [0.15, 0.2) is 53.4 Å². The molecule has 1 aliphatic rings. The first-order valence-corrected chi connectivity index (χ1v) is 13.6. The third-order valence-corrected chi connectivity index (χ3v) is 8.15. The number of hydrogen-bond acceptors (Lipinski definition) is 4. The number of carbonyl (C=O) groups is 2. The molecule has 0 bridgehead atoms. The molecule has 0 spiro atoms. The Balaban J connectivity index is 1.52. The fourth-order valence-electron chi connectivity index (χ4n) is 4.13. The third-order valence-electron chi connectivity index (χ3n) is 6.23. The van der Waals surface area contributed by atoms with Crippen LogP contribution >= 0.6 is 0 Å². The van der Waals surface area contributed by atoms with Gasteiger partial charge in [-0.15, -0.1) is 0 Å². The summed E-state index contributed by atoms with van der Waals surface area (Å²) < 4.78 is 27.4.